The summed E-state index contributed by atoms with van der Waals surface area (Å²) >= 11 is 0. The van der Waals surface area contributed by atoms with E-state index in [9.17, 15) is 8.42 Å². The van der Waals surface area contributed by atoms with E-state index in [1.54, 1.807) is 23.5 Å². The molecule has 4 rings (SSSR count). The van der Waals surface area contributed by atoms with Gasteiger partial charge in [0.1, 0.15) is 0 Å². The lowest BCUT2D eigenvalue weighted by Gasteiger charge is -2.38. The van der Waals surface area contributed by atoms with Crippen LogP contribution in [0.25, 0.3) is 11.3 Å². The fourth-order valence-electron chi connectivity index (χ4n) is 4.00. The van der Waals surface area contributed by atoms with Crippen molar-refractivity contribution in [3.8, 4) is 11.3 Å². The Balaban J connectivity index is 1.69. The highest BCUT2D eigenvalue weighted by Gasteiger charge is 2.42. The molecule has 7 heteroatoms. The van der Waals surface area contributed by atoms with Gasteiger partial charge in [-0.3, -0.25) is 0 Å². The van der Waals surface area contributed by atoms with Crippen LogP contribution in [-0.4, -0.2) is 44.0 Å². The number of nitrogens with zero attached hydrogens (tertiary/aromatic N) is 2. The third kappa shape index (κ3) is 3.08. The van der Waals surface area contributed by atoms with Gasteiger partial charge in [-0.1, -0.05) is 12.1 Å². The number of aromatic nitrogens is 1. The second-order valence-corrected chi connectivity index (χ2v) is 9.37. The zero-order chi connectivity index (χ0) is 18.4. The molecular formula is C19H24N2O4S. The number of benzene rings is 1. The van der Waals surface area contributed by atoms with E-state index >= 15 is 0 Å². The highest BCUT2D eigenvalue weighted by molar-refractivity contribution is 7.89. The summed E-state index contributed by atoms with van der Waals surface area (Å²) in [6.07, 6.45) is 4.48. The summed E-state index contributed by atoms with van der Waals surface area (Å²) in [7, 11) is -3.56. The molecule has 6 nitrogen and oxygen atoms in total. The van der Waals surface area contributed by atoms with E-state index < -0.39 is 10.0 Å². The van der Waals surface area contributed by atoms with Gasteiger partial charge >= 0.3 is 0 Å². The summed E-state index contributed by atoms with van der Waals surface area (Å²) in [6, 6.07) is 5.41. The monoisotopic (exact) mass is 376 g/mol. The Hall–Kier alpha value is -1.70. The molecule has 1 spiro atoms. The van der Waals surface area contributed by atoms with E-state index in [0.717, 1.165) is 37.0 Å². The lowest BCUT2D eigenvalue weighted by atomic mass is 9.80. The Morgan fingerprint density at radius 3 is 2.77 bits per heavy atom. The smallest absolute Gasteiger partial charge is 0.243 e. The molecule has 0 aliphatic carbocycles. The van der Waals surface area contributed by atoms with Crippen molar-refractivity contribution in [2.45, 2.75) is 38.0 Å². The maximum atomic E-state index is 13.4. The summed E-state index contributed by atoms with van der Waals surface area (Å²) in [5.74, 6) is 1.14. The zero-order valence-electron chi connectivity index (χ0n) is 15.2. The van der Waals surface area contributed by atoms with Gasteiger partial charge < -0.3 is 9.15 Å². The van der Waals surface area contributed by atoms with Crippen LogP contribution in [0.5, 0.6) is 0 Å². The molecule has 1 aromatic heterocycles. The third-order valence-electron chi connectivity index (χ3n) is 5.52. The molecule has 0 amide bonds. The average Bonchev–Trinajstić information content (AvgIpc) is 3.25. The first kappa shape index (κ1) is 17.7. The maximum Gasteiger partial charge on any atom is 0.243 e. The van der Waals surface area contributed by atoms with Crippen molar-refractivity contribution < 1.29 is 17.6 Å². The molecule has 26 heavy (non-hydrogen) atoms. The highest BCUT2D eigenvalue weighted by atomic mass is 32.2. The van der Waals surface area contributed by atoms with E-state index in [-0.39, 0.29) is 5.41 Å². The molecule has 2 aromatic rings. The van der Waals surface area contributed by atoms with Crippen LogP contribution in [0.1, 0.15) is 30.7 Å². The lowest BCUT2D eigenvalue weighted by molar-refractivity contribution is 0.105. The van der Waals surface area contributed by atoms with Gasteiger partial charge in [-0.25, -0.2) is 13.4 Å². The normalized spacial score (nSPS) is 24.4. The van der Waals surface area contributed by atoms with E-state index in [0.29, 0.717) is 36.2 Å². The number of ether oxygens (including phenoxy) is 1. The fourth-order valence-corrected chi connectivity index (χ4v) is 5.85. The van der Waals surface area contributed by atoms with Crippen molar-refractivity contribution in [1.82, 2.24) is 9.29 Å². The molecule has 140 valence electrons. The lowest BCUT2D eigenvalue weighted by Crippen LogP contribution is -2.46. The fraction of sp³-hybridized carbons (Fsp3) is 0.526. The van der Waals surface area contributed by atoms with Gasteiger partial charge in [0.25, 0.3) is 0 Å². The number of rotatable bonds is 3. The second-order valence-electron chi connectivity index (χ2n) is 7.47. The van der Waals surface area contributed by atoms with E-state index in [4.69, 9.17) is 9.15 Å². The highest BCUT2D eigenvalue weighted by Crippen LogP contribution is 2.40. The molecule has 2 saturated heterocycles. The first-order chi connectivity index (χ1) is 12.4. The Kier molecular flexibility index (Phi) is 4.41. The number of oxazole rings is 1. The largest absolute Gasteiger partial charge is 0.441 e. The Morgan fingerprint density at radius 2 is 2.08 bits per heavy atom. The molecule has 2 fully saturated rings. The number of piperidine rings is 1. The Bertz CT molecular complexity index is 913. The molecule has 0 N–H and O–H groups in total. The molecule has 2 aliphatic rings. The van der Waals surface area contributed by atoms with E-state index in [1.807, 2.05) is 19.1 Å². The van der Waals surface area contributed by atoms with Gasteiger partial charge in [0.05, 0.1) is 17.7 Å². The number of sulfonamides is 1. The topological polar surface area (TPSA) is 72.6 Å². The van der Waals surface area contributed by atoms with Crippen molar-refractivity contribution in [3.63, 3.8) is 0 Å². The van der Waals surface area contributed by atoms with Crippen LogP contribution >= 0.6 is 0 Å². The molecule has 0 saturated carbocycles. The summed E-state index contributed by atoms with van der Waals surface area (Å²) in [5.41, 5.74) is 1.46. The van der Waals surface area contributed by atoms with Crippen molar-refractivity contribution in [2.75, 3.05) is 26.3 Å². The molecule has 1 atom stereocenters. The summed E-state index contributed by atoms with van der Waals surface area (Å²) in [6.45, 7) is 6.10. The minimum absolute atomic E-state index is 0.0150. The first-order valence-corrected chi connectivity index (χ1v) is 10.5. The van der Waals surface area contributed by atoms with Gasteiger partial charge in [-0.15, -0.1) is 0 Å². The summed E-state index contributed by atoms with van der Waals surface area (Å²) < 4.78 is 39.5. The van der Waals surface area contributed by atoms with Crippen LogP contribution < -0.4 is 0 Å². The third-order valence-corrected chi connectivity index (χ3v) is 7.51. The molecule has 3 heterocycles. The van der Waals surface area contributed by atoms with Gasteiger partial charge in [0.15, 0.2) is 11.7 Å². The summed E-state index contributed by atoms with van der Waals surface area (Å²) in [4.78, 5) is 4.45. The zero-order valence-corrected chi connectivity index (χ0v) is 16.0. The van der Waals surface area contributed by atoms with Crippen LogP contribution in [0.15, 0.2) is 33.7 Å². The van der Waals surface area contributed by atoms with Crippen molar-refractivity contribution in [1.29, 1.82) is 0 Å². The molecule has 2 aliphatic heterocycles. The van der Waals surface area contributed by atoms with Crippen LogP contribution in [-0.2, 0) is 14.8 Å². The van der Waals surface area contributed by atoms with Gasteiger partial charge in [-0.05, 0) is 37.8 Å². The molecule has 0 unspecified atom stereocenters. The minimum atomic E-state index is -3.56. The number of hydrogen-bond acceptors (Lipinski definition) is 5. The van der Waals surface area contributed by atoms with Gasteiger partial charge in [0.2, 0.25) is 10.0 Å². The molecule has 0 radical (unpaired) electrons. The van der Waals surface area contributed by atoms with Crippen LogP contribution in [0, 0.1) is 19.3 Å². The van der Waals surface area contributed by atoms with Gasteiger partial charge in [0, 0.05) is 37.6 Å². The number of aryl methyl sites for hydroxylation is 2. The van der Waals surface area contributed by atoms with E-state index in [2.05, 4.69) is 4.98 Å². The maximum absolute atomic E-state index is 13.4. The van der Waals surface area contributed by atoms with Crippen molar-refractivity contribution in [2.24, 2.45) is 5.41 Å². The summed E-state index contributed by atoms with van der Waals surface area (Å²) in [5, 5.41) is 0. The van der Waals surface area contributed by atoms with Crippen LogP contribution in [0.2, 0.25) is 0 Å². The van der Waals surface area contributed by atoms with Gasteiger partial charge in [-0.2, -0.15) is 4.31 Å². The minimum Gasteiger partial charge on any atom is -0.441 e. The van der Waals surface area contributed by atoms with E-state index in [1.165, 1.54) is 0 Å². The van der Waals surface area contributed by atoms with Crippen LogP contribution in [0.4, 0.5) is 0 Å². The Labute approximate surface area is 154 Å². The quantitative estimate of drug-likeness (QED) is 0.823. The number of hydrogen-bond donors (Lipinski definition) is 0. The predicted molar refractivity (Wildman–Crippen MR) is 97.3 cm³/mol. The Morgan fingerprint density at radius 1 is 1.23 bits per heavy atom. The molecular weight excluding hydrogens is 352 g/mol. The van der Waals surface area contributed by atoms with Crippen molar-refractivity contribution in [3.05, 3.63) is 35.9 Å². The molecule has 0 bridgehead atoms. The first-order valence-electron chi connectivity index (χ1n) is 9.01. The van der Waals surface area contributed by atoms with Crippen LogP contribution in [0.3, 0.4) is 0 Å². The standard InChI is InChI=1S/C19H24N2O4S/c1-14-4-5-16(17-11-20-15(2)25-17)10-18(14)26(22,23)21-8-3-6-19(12-21)7-9-24-13-19/h4-5,10-11H,3,6-9,12-13H2,1-2H3/t19-/m0/s1. The predicted octanol–water partition coefficient (Wildman–Crippen LogP) is 3.15. The SMILES string of the molecule is Cc1ncc(-c2ccc(C)c(S(=O)(=O)N3CCC[C@]4(CCOC4)C3)c2)o1. The second kappa shape index (κ2) is 6.48. The average molecular weight is 376 g/mol. The molecule has 1 aromatic carbocycles. The van der Waals surface area contributed by atoms with Crippen molar-refractivity contribution >= 4 is 10.0 Å².